The summed E-state index contributed by atoms with van der Waals surface area (Å²) in [5.74, 6) is 0. The highest BCUT2D eigenvalue weighted by Gasteiger charge is 2.28. The molecule has 1 aliphatic rings. The molecule has 0 bridgehead atoms. The lowest BCUT2D eigenvalue weighted by Crippen LogP contribution is -2.53. The maximum atomic E-state index is 3.70. The van der Waals surface area contributed by atoms with Gasteiger partial charge in [0.25, 0.3) is 0 Å². The molecule has 0 aromatic carbocycles. The lowest BCUT2D eigenvalue weighted by atomic mass is 9.90. The SMILES string of the molecule is CCN(Cc1cccs1)CC1(C)CCCCN1. The van der Waals surface area contributed by atoms with Crippen LogP contribution < -0.4 is 5.32 Å². The van der Waals surface area contributed by atoms with Crippen LogP contribution in [0, 0.1) is 0 Å². The fourth-order valence-corrected chi connectivity index (χ4v) is 3.40. The van der Waals surface area contributed by atoms with E-state index in [0.29, 0.717) is 5.54 Å². The van der Waals surface area contributed by atoms with Gasteiger partial charge in [0.1, 0.15) is 0 Å². The first-order chi connectivity index (χ1) is 8.22. The quantitative estimate of drug-likeness (QED) is 0.866. The summed E-state index contributed by atoms with van der Waals surface area (Å²) in [6.07, 6.45) is 4.03. The third-order valence-corrected chi connectivity index (χ3v) is 4.55. The normalized spacial score (nSPS) is 25.4. The molecule has 1 atom stereocenters. The van der Waals surface area contributed by atoms with E-state index in [1.54, 1.807) is 0 Å². The second kappa shape index (κ2) is 5.98. The number of hydrogen-bond acceptors (Lipinski definition) is 3. The van der Waals surface area contributed by atoms with Crippen molar-refractivity contribution in [1.82, 2.24) is 10.2 Å². The zero-order valence-corrected chi connectivity index (χ0v) is 11.9. The number of rotatable bonds is 5. The summed E-state index contributed by atoms with van der Waals surface area (Å²) in [5.41, 5.74) is 0.325. The molecule has 0 radical (unpaired) electrons. The fourth-order valence-electron chi connectivity index (χ4n) is 2.65. The van der Waals surface area contributed by atoms with Crippen LogP contribution >= 0.6 is 11.3 Å². The van der Waals surface area contributed by atoms with Crippen LogP contribution in [-0.4, -0.2) is 30.1 Å². The first-order valence-electron chi connectivity index (χ1n) is 6.72. The van der Waals surface area contributed by atoms with Crippen molar-refractivity contribution in [3.05, 3.63) is 22.4 Å². The van der Waals surface area contributed by atoms with Gasteiger partial charge in [0.15, 0.2) is 0 Å². The van der Waals surface area contributed by atoms with Gasteiger partial charge in [-0.25, -0.2) is 0 Å². The van der Waals surface area contributed by atoms with Gasteiger partial charge in [-0.2, -0.15) is 0 Å². The number of nitrogens with one attached hydrogen (secondary N) is 1. The highest BCUT2D eigenvalue weighted by Crippen LogP contribution is 2.21. The van der Waals surface area contributed by atoms with E-state index in [-0.39, 0.29) is 0 Å². The Balaban J connectivity index is 1.90. The molecule has 1 aromatic rings. The second-order valence-electron chi connectivity index (χ2n) is 5.33. The first kappa shape index (κ1) is 13.1. The molecule has 2 heterocycles. The van der Waals surface area contributed by atoms with Crippen molar-refractivity contribution >= 4 is 11.3 Å². The highest BCUT2D eigenvalue weighted by molar-refractivity contribution is 7.09. The zero-order valence-electron chi connectivity index (χ0n) is 11.0. The van der Waals surface area contributed by atoms with E-state index in [1.165, 1.54) is 37.2 Å². The largest absolute Gasteiger partial charge is 0.310 e. The van der Waals surface area contributed by atoms with E-state index < -0.39 is 0 Å². The molecule has 1 saturated heterocycles. The van der Waals surface area contributed by atoms with Crippen LogP contribution in [0.2, 0.25) is 0 Å². The standard InChI is InChI=1S/C14H24N2S/c1-3-16(11-13-7-6-10-17-13)12-14(2)8-4-5-9-15-14/h6-7,10,15H,3-5,8-9,11-12H2,1-2H3. The Bertz CT molecular complexity index is 315. The third-order valence-electron chi connectivity index (χ3n) is 3.69. The van der Waals surface area contributed by atoms with E-state index in [2.05, 4.69) is 41.6 Å². The number of piperidine rings is 1. The Labute approximate surface area is 109 Å². The summed E-state index contributed by atoms with van der Waals surface area (Å²) in [4.78, 5) is 4.04. The number of nitrogens with zero attached hydrogens (tertiary/aromatic N) is 1. The molecule has 1 unspecified atom stereocenters. The lowest BCUT2D eigenvalue weighted by Gasteiger charge is -2.39. The van der Waals surface area contributed by atoms with Crippen molar-refractivity contribution in [2.75, 3.05) is 19.6 Å². The average molecular weight is 252 g/mol. The molecule has 96 valence electrons. The average Bonchev–Trinajstić information content (AvgIpc) is 2.81. The highest BCUT2D eigenvalue weighted by atomic mass is 32.1. The molecule has 0 spiro atoms. The second-order valence-corrected chi connectivity index (χ2v) is 6.36. The molecule has 0 aliphatic carbocycles. The molecule has 2 rings (SSSR count). The van der Waals surface area contributed by atoms with Gasteiger partial charge in [-0.15, -0.1) is 11.3 Å². The van der Waals surface area contributed by atoms with Crippen LogP contribution in [0.25, 0.3) is 0 Å². The summed E-state index contributed by atoms with van der Waals surface area (Å²) in [6, 6.07) is 4.39. The Morgan fingerprint density at radius 3 is 2.94 bits per heavy atom. The Morgan fingerprint density at radius 1 is 1.47 bits per heavy atom. The zero-order chi connectivity index (χ0) is 12.1. The van der Waals surface area contributed by atoms with Crippen molar-refractivity contribution in [3.63, 3.8) is 0 Å². The van der Waals surface area contributed by atoms with E-state index in [0.717, 1.165) is 13.1 Å². The van der Waals surface area contributed by atoms with Crippen LogP contribution in [0.4, 0.5) is 0 Å². The summed E-state index contributed by atoms with van der Waals surface area (Å²) in [5, 5.41) is 5.87. The summed E-state index contributed by atoms with van der Waals surface area (Å²) < 4.78 is 0. The minimum atomic E-state index is 0.325. The van der Waals surface area contributed by atoms with Crippen molar-refractivity contribution in [1.29, 1.82) is 0 Å². The van der Waals surface area contributed by atoms with Gasteiger partial charge in [-0.3, -0.25) is 4.90 Å². The molecule has 17 heavy (non-hydrogen) atoms. The molecule has 3 heteroatoms. The van der Waals surface area contributed by atoms with Gasteiger partial charge in [0, 0.05) is 23.5 Å². The molecule has 1 aliphatic heterocycles. The van der Waals surface area contributed by atoms with Crippen molar-refractivity contribution in [2.24, 2.45) is 0 Å². The van der Waals surface area contributed by atoms with Crippen LogP contribution in [0.15, 0.2) is 17.5 Å². The van der Waals surface area contributed by atoms with E-state index in [1.807, 2.05) is 11.3 Å². The van der Waals surface area contributed by atoms with E-state index in [4.69, 9.17) is 0 Å². The van der Waals surface area contributed by atoms with Crippen LogP contribution in [0.3, 0.4) is 0 Å². The maximum Gasteiger partial charge on any atom is 0.0328 e. The predicted molar refractivity (Wildman–Crippen MR) is 75.5 cm³/mol. The minimum Gasteiger partial charge on any atom is -0.310 e. The van der Waals surface area contributed by atoms with Crippen molar-refractivity contribution < 1.29 is 0 Å². The molecule has 1 aromatic heterocycles. The molecule has 1 fully saturated rings. The fraction of sp³-hybridized carbons (Fsp3) is 0.714. The molecule has 2 nitrogen and oxygen atoms in total. The summed E-state index contributed by atoms with van der Waals surface area (Å²) >= 11 is 1.87. The molecule has 0 amide bonds. The summed E-state index contributed by atoms with van der Waals surface area (Å²) in [6.45, 7) is 9.23. The minimum absolute atomic E-state index is 0.325. The van der Waals surface area contributed by atoms with Crippen LogP contribution in [0.5, 0.6) is 0 Å². The Hall–Kier alpha value is -0.380. The van der Waals surface area contributed by atoms with Gasteiger partial charge in [0.05, 0.1) is 0 Å². The van der Waals surface area contributed by atoms with Gasteiger partial charge < -0.3 is 5.32 Å². The van der Waals surface area contributed by atoms with E-state index in [9.17, 15) is 0 Å². The molecule has 1 N–H and O–H groups in total. The van der Waals surface area contributed by atoms with Gasteiger partial charge in [-0.1, -0.05) is 19.4 Å². The molecule has 0 saturated carbocycles. The van der Waals surface area contributed by atoms with Gasteiger partial charge >= 0.3 is 0 Å². The topological polar surface area (TPSA) is 15.3 Å². The van der Waals surface area contributed by atoms with Crippen LogP contribution in [-0.2, 0) is 6.54 Å². The summed E-state index contributed by atoms with van der Waals surface area (Å²) in [7, 11) is 0. The van der Waals surface area contributed by atoms with Crippen LogP contribution in [0.1, 0.15) is 38.0 Å². The molecular formula is C14H24N2S. The number of likely N-dealkylation sites (N-methyl/N-ethyl adjacent to an activating group) is 1. The predicted octanol–water partition coefficient (Wildman–Crippen LogP) is 3.10. The van der Waals surface area contributed by atoms with E-state index >= 15 is 0 Å². The monoisotopic (exact) mass is 252 g/mol. The lowest BCUT2D eigenvalue weighted by molar-refractivity contribution is 0.164. The smallest absolute Gasteiger partial charge is 0.0328 e. The third kappa shape index (κ3) is 3.80. The van der Waals surface area contributed by atoms with Crippen molar-refractivity contribution in [2.45, 2.75) is 45.2 Å². The maximum absolute atomic E-state index is 3.70. The number of hydrogen-bond donors (Lipinski definition) is 1. The number of thiophene rings is 1. The Kier molecular flexibility index (Phi) is 4.60. The van der Waals surface area contributed by atoms with Crippen molar-refractivity contribution in [3.8, 4) is 0 Å². The first-order valence-corrected chi connectivity index (χ1v) is 7.59. The molecular weight excluding hydrogens is 228 g/mol. The van der Waals surface area contributed by atoms with Gasteiger partial charge in [-0.05, 0) is 44.3 Å². The Morgan fingerprint density at radius 2 is 2.35 bits per heavy atom. The van der Waals surface area contributed by atoms with Gasteiger partial charge in [0.2, 0.25) is 0 Å².